The van der Waals surface area contributed by atoms with Crippen molar-refractivity contribution < 1.29 is 0 Å². The maximum absolute atomic E-state index is 4.31. The summed E-state index contributed by atoms with van der Waals surface area (Å²) in [7, 11) is 0. The standard InChI is InChI=1S/C9H9N3/c1-2-3-9-11-6-8-7(12-9)4-5-10-8/h2,4-6,10H,1,3H2. The number of hydrogen-bond donors (Lipinski definition) is 1. The Balaban J connectivity index is 2.52. The van der Waals surface area contributed by atoms with Crippen LogP contribution in [0, 0.1) is 0 Å². The molecular weight excluding hydrogens is 150 g/mol. The van der Waals surface area contributed by atoms with E-state index in [1.807, 2.05) is 12.3 Å². The fourth-order valence-corrected chi connectivity index (χ4v) is 1.11. The molecule has 0 saturated carbocycles. The first-order valence-corrected chi connectivity index (χ1v) is 3.80. The zero-order valence-corrected chi connectivity index (χ0v) is 6.62. The third-order valence-corrected chi connectivity index (χ3v) is 1.68. The highest BCUT2D eigenvalue weighted by molar-refractivity contribution is 5.73. The molecule has 0 saturated heterocycles. The molecule has 0 atom stereocenters. The average molecular weight is 159 g/mol. The molecule has 2 aromatic rings. The Morgan fingerprint density at radius 2 is 2.50 bits per heavy atom. The molecule has 0 aromatic carbocycles. The molecular formula is C9H9N3. The summed E-state index contributed by atoms with van der Waals surface area (Å²) >= 11 is 0. The van der Waals surface area contributed by atoms with Gasteiger partial charge in [-0.1, -0.05) is 6.08 Å². The van der Waals surface area contributed by atoms with Gasteiger partial charge in [0.2, 0.25) is 0 Å². The van der Waals surface area contributed by atoms with E-state index in [-0.39, 0.29) is 0 Å². The van der Waals surface area contributed by atoms with Crippen LogP contribution in [0.3, 0.4) is 0 Å². The summed E-state index contributed by atoms with van der Waals surface area (Å²) in [5.41, 5.74) is 1.93. The molecule has 2 rings (SSSR count). The first-order chi connectivity index (χ1) is 5.90. The lowest BCUT2D eigenvalue weighted by Crippen LogP contribution is -1.91. The molecule has 1 N–H and O–H groups in total. The summed E-state index contributed by atoms with van der Waals surface area (Å²) in [5.74, 6) is 0.817. The van der Waals surface area contributed by atoms with Crippen LogP contribution in [-0.2, 0) is 6.42 Å². The van der Waals surface area contributed by atoms with E-state index >= 15 is 0 Å². The lowest BCUT2D eigenvalue weighted by molar-refractivity contribution is 1.02. The van der Waals surface area contributed by atoms with Crippen molar-refractivity contribution >= 4 is 11.0 Å². The number of nitrogens with one attached hydrogen (secondary N) is 1. The van der Waals surface area contributed by atoms with Crippen molar-refractivity contribution in [2.45, 2.75) is 6.42 Å². The van der Waals surface area contributed by atoms with E-state index in [0.29, 0.717) is 0 Å². The van der Waals surface area contributed by atoms with E-state index < -0.39 is 0 Å². The molecule has 2 heterocycles. The summed E-state index contributed by atoms with van der Waals surface area (Å²) in [6.07, 6.45) is 6.17. The minimum atomic E-state index is 0.723. The van der Waals surface area contributed by atoms with Crippen LogP contribution in [0.25, 0.3) is 11.0 Å². The normalized spacial score (nSPS) is 10.3. The van der Waals surface area contributed by atoms with Gasteiger partial charge in [0.05, 0.1) is 17.2 Å². The molecule has 0 radical (unpaired) electrons. The summed E-state index contributed by atoms with van der Waals surface area (Å²) < 4.78 is 0. The number of aromatic amines is 1. The molecule has 0 aliphatic rings. The van der Waals surface area contributed by atoms with Gasteiger partial charge in [-0.3, -0.25) is 0 Å². The monoisotopic (exact) mass is 159 g/mol. The van der Waals surface area contributed by atoms with Crippen LogP contribution in [0.1, 0.15) is 5.82 Å². The molecule has 0 spiro atoms. The maximum atomic E-state index is 4.31. The Morgan fingerprint density at radius 1 is 1.58 bits per heavy atom. The highest BCUT2D eigenvalue weighted by Gasteiger charge is 1.97. The lowest BCUT2D eigenvalue weighted by atomic mass is 10.4. The largest absolute Gasteiger partial charge is 0.359 e. The van der Waals surface area contributed by atoms with Gasteiger partial charge in [-0.15, -0.1) is 6.58 Å². The molecule has 0 fully saturated rings. The molecule has 0 amide bonds. The van der Waals surface area contributed by atoms with E-state index in [9.17, 15) is 0 Å². The summed E-state index contributed by atoms with van der Waals surface area (Å²) in [5, 5.41) is 0. The second-order valence-corrected chi connectivity index (χ2v) is 2.56. The van der Waals surface area contributed by atoms with Gasteiger partial charge in [0, 0.05) is 12.6 Å². The zero-order valence-electron chi connectivity index (χ0n) is 6.62. The van der Waals surface area contributed by atoms with Crippen molar-refractivity contribution in [3.8, 4) is 0 Å². The van der Waals surface area contributed by atoms with Crippen LogP contribution >= 0.6 is 0 Å². The smallest absolute Gasteiger partial charge is 0.132 e. The third-order valence-electron chi connectivity index (χ3n) is 1.68. The number of aromatic nitrogens is 3. The van der Waals surface area contributed by atoms with E-state index in [4.69, 9.17) is 0 Å². The van der Waals surface area contributed by atoms with E-state index in [0.717, 1.165) is 23.3 Å². The fraction of sp³-hybridized carbons (Fsp3) is 0.111. The first-order valence-electron chi connectivity index (χ1n) is 3.80. The second kappa shape index (κ2) is 2.77. The quantitative estimate of drug-likeness (QED) is 0.677. The Kier molecular flexibility index (Phi) is 1.63. The van der Waals surface area contributed by atoms with Crippen molar-refractivity contribution in [3.05, 3.63) is 36.9 Å². The van der Waals surface area contributed by atoms with Crippen molar-refractivity contribution in [1.82, 2.24) is 15.0 Å². The first kappa shape index (κ1) is 7.03. The predicted octanol–water partition coefficient (Wildman–Crippen LogP) is 1.69. The molecule has 3 nitrogen and oxygen atoms in total. The molecule has 0 unspecified atom stereocenters. The average Bonchev–Trinajstić information content (AvgIpc) is 2.51. The van der Waals surface area contributed by atoms with E-state index in [1.54, 1.807) is 12.3 Å². The number of hydrogen-bond acceptors (Lipinski definition) is 2. The van der Waals surface area contributed by atoms with Gasteiger partial charge >= 0.3 is 0 Å². The third kappa shape index (κ3) is 1.09. The Labute approximate surface area is 70.2 Å². The van der Waals surface area contributed by atoms with Gasteiger partial charge in [0.1, 0.15) is 5.82 Å². The Hall–Kier alpha value is -1.64. The van der Waals surface area contributed by atoms with Crippen LogP contribution in [-0.4, -0.2) is 15.0 Å². The van der Waals surface area contributed by atoms with Crippen molar-refractivity contribution in [3.63, 3.8) is 0 Å². The van der Waals surface area contributed by atoms with E-state index in [1.165, 1.54) is 0 Å². The highest BCUT2D eigenvalue weighted by atomic mass is 14.9. The Morgan fingerprint density at radius 3 is 3.33 bits per heavy atom. The van der Waals surface area contributed by atoms with Crippen molar-refractivity contribution in [2.24, 2.45) is 0 Å². The van der Waals surface area contributed by atoms with Crippen LogP contribution < -0.4 is 0 Å². The number of rotatable bonds is 2. The van der Waals surface area contributed by atoms with Gasteiger partial charge < -0.3 is 4.98 Å². The second-order valence-electron chi connectivity index (χ2n) is 2.56. The fourth-order valence-electron chi connectivity index (χ4n) is 1.11. The zero-order chi connectivity index (χ0) is 8.39. The van der Waals surface area contributed by atoms with E-state index in [2.05, 4.69) is 21.5 Å². The molecule has 0 aliphatic carbocycles. The van der Waals surface area contributed by atoms with Gasteiger partial charge in [0.25, 0.3) is 0 Å². The molecule has 0 aliphatic heterocycles. The van der Waals surface area contributed by atoms with Gasteiger partial charge in [-0.25, -0.2) is 9.97 Å². The van der Waals surface area contributed by atoms with Crippen LogP contribution in [0.4, 0.5) is 0 Å². The van der Waals surface area contributed by atoms with Gasteiger partial charge in [-0.05, 0) is 6.07 Å². The number of nitrogens with zero attached hydrogens (tertiary/aromatic N) is 2. The predicted molar refractivity (Wildman–Crippen MR) is 47.8 cm³/mol. The minimum absolute atomic E-state index is 0.723. The number of allylic oxidation sites excluding steroid dienone is 1. The molecule has 12 heavy (non-hydrogen) atoms. The number of fused-ring (bicyclic) bond motifs is 1. The number of H-pyrrole nitrogens is 1. The highest BCUT2D eigenvalue weighted by Crippen LogP contribution is 2.07. The molecule has 2 aromatic heterocycles. The van der Waals surface area contributed by atoms with Crippen LogP contribution in [0.15, 0.2) is 31.1 Å². The SMILES string of the molecule is C=CCc1ncc2[nH]ccc2n1. The molecule has 3 heteroatoms. The summed E-state index contributed by atoms with van der Waals surface area (Å²) in [6.45, 7) is 3.64. The molecule has 60 valence electrons. The Bertz CT molecular complexity index is 403. The molecule has 0 bridgehead atoms. The van der Waals surface area contributed by atoms with Crippen LogP contribution in [0.2, 0.25) is 0 Å². The van der Waals surface area contributed by atoms with Gasteiger partial charge in [-0.2, -0.15) is 0 Å². The van der Waals surface area contributed by atoms with Crippen LogP contribution in [0.5, 0.6) is 0 Å². The minimum Gasteiger partial charge on any atom is -0.359 e. The topological polar surface area (TPSA) is 41.6 Å². The summed E-state index contributed by atoms with van der Waals surface area (Å²) in [4.78, 5) is 11.5. The lowest BCUT2D eigenvalue weighted by Gasteiger charge is -1.93. The van der Waals surface area contributed by atoms with Crippen molar-refractivity contribution in [1.29, 1.82) is 0 Å². The maximum Gasteiger partial charge on any atom is 0.132 e. The van der Waals surface area contributed by atoms with Crippen molar-refractivity contribution in [2.75, 3.05) is 0 Å². The van der Waals surface area contributed by atoms with Gasteiger partial charge in [0.15, 0.2) is 0 Å². The summed E-state index contributed by atoms with van der Waals surface area (Å²) in [6, 6.07) is 1.93.